The number of nitrogens with one attached hydrogen (secondary N) is 1. The van der Waals surface area contributed by atoms with Gasteiger partial charge in [0, 0.05) is 42.7 Å². The molecule has 2 amide bonds. The first kappa shape index (κ1) is 27.1. The van der Waals surface area contributed by atoms with Crippen LogP contribution in [0, 0.1) is 10.1 Å². The lowest BCUT2D eigenvalue weighted by Gasteiger charge is -2.34. The maximum atomic E-state index is 13.3. The molecule has 2 aromatic carbocycles. The van der Waals surface area contributed by atoms with Crippen molar-refractivity contribution < 1.29 is 19.2 Å². The zero-order valence-electron chi connectivity index (χ0n) is 21.5. The van der Waals surface area contributed by atoms with Crippen LogP contribution in [0.5, 0.6) is 0 Å². The van der Waals surface area contributed by atoms with Gasteiger partial charge in [-0.25, -0.2) is 9.48 Å². The summed E-state index contributed by atoms with van der Waals surface area (Å²) in [5.41, 5.74) is 1.96. The first-order valence-corrected chi connectivity index (χ1v) is 12.7. The number of hydrogen-bond donors (Lipinski definition) is 1. The molecule has 2 heterocycles. The lowest BCUT2D eigenvalue weighted by Crippen LogP contribution is -2.41. The molecule has 4 rings (SSSR count). The van der Waals surface area contributed by atoms with Crippen LogP contribution in [-0.2, 0) is 11.3 Å². The summed E-state index contributed by atoms with van der Waals surface area (Å²) in [6.07, 6.45) is 2.36. The third kappa shape index (κ3) is 6.49. The van der Waals surface area contributed by atoms with Gasteiger partial charge < -0.3 is 15.0 Å². The van der Waals surface area contributed by atoms with Crippen molar-refractivity contribution in [2.45, 2.75) is 51.7 Å². The number of hydrogen-bond acceptors (Lipinski definition) is 6. The number of carbonyl (C=O) groups is 2. The van der Waals surface area contributed by atoms with Crippen LogP contribution in [-0.4, -0.2) is 50.3 Å². The Hall–Kier alpha value is -3.92. The van der Waals surface area contributed by atoms with Crippen LogP contribution in [0.15, 0.2) is 54.7 Å². The molecular formula is C27H30ClN5O5. The van der Waals surface area contributed by atoms with Crippen LogP contribution in [0.3, 0.4) is 0 Å². The first-order valence-electron chi connectivity index (χ1n) is 12.3. The summed E-state index contributed by atoms with van der Waals surface area (Å²) >= 11 is 6.07. The number of nitro benzene ring substituents is 1. The Morgan fingerprint density at radius 3 is 2.45 bits per heavy atom. The van der Waals surface area contributed by atoms with E-state index in [1.54, 1.807) is 33.8 Å². The zero-order chi connectivity index (χ0) is 27.4. The molecule has 1 aliphatic heterocycles. The van der Waals surface area contributed by atoms with Gasteiger partial charge in [-0.1, -0.05) is 23.7 Å². The highest BCUT2D eigenvalue weighted by Gasteiger charge is 2.32. The fourth-order valence-electron chi connectivity index (χ4n) is 4.43. The summed E-state index contributed by atoms with van der Waals surface area (Å²) in [5.74, 6) is -0.360. The molecule has 3 aromatic rings. The lowest BCUT2D eigenvalue weighted by molar-refractivity contribution is -0.384. The summed E-state index contributed by atoms with van der Waals surface area (Å²) in [6, 6.07) is 13.3. The van der Waals surface area contributed by atoms with Crippen LogP contribution in [0.25, 0.3) is 5.69 Å². The molecule has 1 fully saturated rings. The van der Waals surface area contributed by atoms with E-state index in [1.807, 2.05) is 32.9 Å². The van der Waals surface area contributed by atoms with Gasteiger partial charge in [-0.05, 0) is 63.4 Å². The normalized spacial score (nSPS) is 14.3. The second-order valence-electron chi connectivity index (χ2n) is 10.2. The predicted molar refractivity (Wildman–Crippen MR) is 143 cm³/mol. The molecule has 0 radical (unpaired) electrons. The number of aromatic nitrogens is 2. The van der Waals surface area contributed by atoms with Gasteiger partial charge in [0.15, 0.2) is 0 Å². The highest BCUT2D eigenvalue weighted by atomic mass is 35.5. The molecular weight excluding hydrogens is 510 g/mol. The van der Waals surface area contributed by atoms with Crippen LogP contribution in [0.1, 0.15) is 61.1 Å². The smallest absolute Gasteiger partial charge is 0.410 e. The molecule has 0 saturated carbocycles. The third-order valence-electron chi connectivity index (χ3n) is 6.23. The number of likely N-dealkylation sites (tertiary alicyclic amines) is 1. The Bertz CT molecular complexity index is 1320. The van der Waals surface area contributed by atoms with Crippen molar-refractivity contribution in [2.24, 2.45) is 0 Å². The Morgan fingerprint density at radius 1 is 1.16 bits per heavy atom. The van der Waals surface area contributed by atoms with E-state index in [-0.39, 0.29) is 23.6 Å². The fraction of sp³-hybridized carbons (Fsp3) is 0.370. The minimum absolute atomic E-state index is 0.0346. The maximum Gasteiger partial charge on any atom is 0.410 e. The molecule has 1 aliphatic rings. The van der Waals surface area contributed by atoms with E-state index in [0.717, 1.165) is 5.56 Å². The average Bonchev–Trinajstić information content (AvgIpc) is 3.32. The van der Waals surface area contributed by atoms with E-state index in [0.29, 0.717) is 54.4 Å². The summed E-state index contributed by atoms with van der Waals surface area (Å²) in [7, 11) is 0. The molecule has 0 bridgehead atoms. The van der Waals surface area contributed by atoms with E-state index < -0.39 is 10.5 Å². The number of piperidine rings is 1. The van der Waals surface area contributed by atoms with Crippen LogP contribution < -0.4 is 5.32 Å². The van der Waals surface area contributed by atoms with Gasteiger partial charge in [0.1, 0.15) is 5.60 Å². The van der Waals surface area contributed by atoms with Gasteiger partial charge in [0.05, 0.1) is 28.1 Å². The van der Waals surface area contributed by atoms with Crippen molar-refractivity contribution in [3.8, 4) is 5.69 Å². The van der Waals surface area contributed by atoms with E-state index in [4.69, 9.17) is 16.3 Å². The second kappa shape index (κ2) is 11.2. The number of carbonyl (C=O) groups excluding carboxylic acids is 2. The molecule has 0 atom stereocenters. The SMILES string of the molecule is CC(C)(C)OC(=O)N1CCC(c2c(C(=O)NCc3cccc(Cl)c3)cnn2-c2ccc([N+](=O)[O-])cc2)CC1. The quantitative estimate of drug-likeness (QED) is 0.327. The van der Waals surface area contributed by atoms with Crippen molar-refractivity contribution in [2.75, 3.05) is 13.1 Å². The number of ether oxygens (including phenoxy) is 1. The first-order chi connectivity index (χ1) is 18.0. The predicted octanol–water partition coefficient (Wildman–Crippen LogP) is 5.48. The molecule has 10 nitrogen and oxygen atoms in total. The Kier molecular flexibility index (Phi) is 8.01. The largest absolute Gasteiger partial charge is 0.444 e. The number of benzene rings is 2. The molecule has 0 aliphatic carbocycles. The van der Waals surface area contributed by atoms with Crippen molar-refractivity contribution in [1.29, 1.82) is 0 Å². The summed E-state index contributed by atoms with van der Waals surface area (Å²) in [6.45, 7) is 6.71. The summed E-state index contributed by atoms with van der Waals surface area (Å²) in [4.78, 5) is 38.2. The topological polar surface area (TPSA) is 120 Å². The number of halogens is 1. The van der Waals surface area contributed by atoms with Gasteiger partial charge in [-0.3, -0.25) is 14.9 Å². The highest BCUT2D eigenvalue weighted by molar-refractivity contribution is 6.30. The van der Waals surface area contributed by atoms with E-state index in [1.165, 1.54) is 18.3 Å². The minimum atomic E-state index is -0.587. The van der Waals surface area contributed by atoms with Crippen molar-refractivity contribution in [1.82, 2.24) is 20.0 Å². The summed E-state index contributed by atoms with van der Waals surface area (Å²) in [5, 5.41) is 19.1. The van der Waals surface area contributed by atoms with Gasteiger partial charge in [0.25, 0.3) is 11.6 Å². The lowest BCUT2D eigenvalue weighted by atomic mass is 9.90. The average molecular weight is 540 g/mol. The number of non-ortho nitro benzene ring substituents is 1. The van der Waals surface area contributed by atoms with Crippen LogP contribution in [0.4, 0.5) is 10.5 Å². The van der Waals surface area contributed by atoms with E-state index in [9.17, 15) is 19.7 Å². The molecule has 0 unspecified atom stereocenters. The van der Waals surface area contributed by atoms with Gasteiger partial charge in [-0.15, -0.1) is 0 Å². The molecule has 0 spiro atoms. The van der Waals surface area contributed by atoms with Crippen molar-refractivity contribution >= 4 is 29.3 Å². The molecule has 38 heavy (non-hydrogen) atoms. The number of nitrogens with zero attached hydrogens (tertiary/aromatic N) is 4. The maximum absolute atomic E-state index is 13.3. The van der Waals surface area contributed by atoms with Crippen LogP contribution in [0.2, 0.25) is 5.02 Å². The highest BCUT2D eigenvalue weighted by Crippen LogP contribution is 2.33. The van der Waals surface area contributed by atoms with E-state index >= 15 is 0 Å². The second-order valence-corrected chi connectivity index (χ2v) is 10.6. The van der Waals surface area contributed by atoms with Gasteiger partial charge in [-0.2, -0.15) is 5.10 Å². The molecule has 1 aromatic heterocycles. The minimum Gasteiger partial charge on any atom is -0.444 e. The summed E-state index contributed by atoms with van der Waals surface area (Å²) < 4.78 is 7.17. The Balaban J connectivity index is 1.59. The molecule has 1 N–H and O–H groups in total. The van der Waals surface area contributed by atoms with Gasteiger partial charge >= 0.3 is 6.09 Å². The van der Waals surface area contributed by atoms with Gasteiger partial charge in [0.2, 0.25) is 0 Å². The van der Waals surface area contributed by atoms with Crippen molar-refractivity contribution in [3.63, 3.8) is 0 Å². The van der Waals surface area contributed by atoms with Crippen molar-refractivity contribution in [3.05, 3.63) is 86.7 Å². The molecule has 11 heteroatoms. The fourth-order valence-corrected chi connectivity index (χ4v) is 4.65. The number of amides is 2. The van der Waals surface area contributed by atoms with E-state index in [2.05, 4.69) is 10.4 Å². The molecule has 200 valence electrons. The zero-order valence-corrected chi connectivity index (χ0v) is 22.3. The monoisotopic (exact) mass is 539 g/mol. The Morgan fingerprint density at radius 2 is 1.84 bits per heavy atom. The van der Waals surface area contributed by atoms with Crippen LogP contribution >= 0.6 is 11.6 Å². The standard InChI is InChI=1S/C27H30ClN5O5/c1-27(2,3)38-26(35)31-13-11-19(12-14-31)24-23(25(34)29-16-18-5-4-6-20(28)15-18)17-30-32(24)21-7-9-22(10-8-21)33(36)37/h4-10,15,17,19H,11-14,16H2,1-3H3,(H,29,34). The molecule has 1 saturated heterocycles. The third-order valence-corrected chi connectivity index (χ3v) is 6.47. The number of rotatable bonds is 6. The Labute approximate surface area is 225 Å². The number of nitro groups is 1.